The van der Waals surface area contributed by atoms with Crippen molar-refractivity contribution in [3.05, 3.63) is 83.0 Å². The van der Waals surface area contributed by atoms with Gasteiger partial charge in [0, 0.05) is 55.7 Å². The van der Waals surface area contributed by atoms with Crippen LogP contribution in [0.5, 0.6) is 5.75 Å². The van der Waals surface area contributed by atoms with E-state index in [-0.39, 0.29) is 24.7 Å². The molecular formula is C32H36N8O5S. The number of aryl methyl sites for hydroxylation is 2. The highest BCUT2D eigenvalue weighted by molar-refractivity contribution is 7.09. The van der Waals surface area contributed by atoms with Crippen LogP contribution in [-0.2, 0) is 22.6 Å². The van der Waals surface area contributed by atoms with Crippen LogP contribution in [0, 0.1) is 6.92 Å². The third-order valence-electron chi connectivity index (χ3n) is 7.51. The molecule has 2 amide bonds. The van der Waals surface area contributed by atoms with E-state index < -0.39 is 0 Å². The van der Waals surface area contributed by atoms with Gasteiger partial charge in [0.05, 0.1) is 29.9 Å². The van der Waals surface area contributed by atoms with Crippen LogP contribution in [-0.4, -0.2) is 95.1 Å². The van der Waals surface area contributed by atoms with Crippen LogP contribution in [0.3, 0.4) is 0 Å². The molecule has 0 saturated carbocycles. The van der Waals surface area contributed by atoms with Crippen molar-refractivity contribution in [1.29, 1.82) is 0 Å². The lowest BCUT2D eigenvalue weighted by Crippen LogP contribution is -2.37. The minimum Gasteiger partial charge on any atom is -0.492 e. The van der Waals surface area contributed by atoms with Gasteiger partial charge in [-0.1, -0.05) is 12.1 Å². The number of benzene rings is 1. The van der Waals surface area contributed by atoms with Crippen LogP contribution >= 0.6 is 11.3 Å². The van der Waals surface area contributed by atoms with E-state index in [1.165, 1.54) is 0 Å². The lowest BCUT2D eigenvalue weighted by Gasteiger charge is -2.25. The average Bonchev–Trinajstić information content (AvgIpc) is 3.81. The molecule has 46 heavy (non-hydrogen) atoms. The third-order valence-corrected chi connectivity index (χ3v) is 8.33. The summed E-state index contributed by atoms with van der Waals surface area (Å²) in [5.41, 5.74) is 2.78. The standard InChI is InChI=1S/C31H34N8O3S.CH2O2/c1-23-35-25(22-43-23)20-29(40)36-12-2-3-13-38(31(41)27-21-33-28-9-5-10-34-39(27)28)17-18-42-26-8-4-7-24(19-26)30-32-11-16-37(30)15-6-14-36;2-1-3/h4-5,7-11,16,19,21-22H,2-3,6,12-15,17-18,20H2,1H3;1H,(H,2,3). The summed E-state index contributed by atoms with van der Waals surface area (Å²) in [5, 5.41) is 14.1. The summed E-state index contributed by atoms with van der Waals surface area (Å²) in [6, 6.07) is 11.5. The van der Waals surface area contributed by atoms with E-state index >= 15 is 0 Å². The molecule has 13 nitrogen and oxygen atoms in total. The van der Waals surface area contributed by atoms with Gasteiger partial charge in [0.25, 0.3) is 12.4 Å². The van der Waals surface area contributed by atoms with Crippen LogP contribution in [0.1, 0.15) is 40.5 Å². The molecule has 5 aromatic rings. The molecule has 1 N–H and O–H groups in total. The van der Waals surface area contributed by atoms with Gasteiger partial charge in [-0.3, -0.25) is 14.4 Å². The normalized spacial score (nSPS) is 14.4. The van der Waals surface area contributed by atoms with Crippen molar-refractivity contribution in [2.45, 2.75) is 39.2 Å². The van der Waals surface area contributed by atoms with Crippen LogP contribution in [0.4, 0.5) is 0 Å². The minimum atomic E-state index is -0.250. The van der Waals surface area contributed by atoms with E-state index in [0.717, 1.165) is 47.9 Å². The Kier molecular flexibility index (Phi) is 11.1. The summed E-state index contributed by atoms with van der Waals surface area (Å²) in [7, 11) is 0. The Morgan fingerprint density at radius 3 is 2.61 bits per heavy atom. The highest BCUT2D eigenvalue weighted by Crippen LogP contribution is 2.23. The Morgan fingerprint density at radius 2 is 1.80 bits per heavy atom. The topological polar surface area (TPSA) is 148 Å². The number of carbonyl (C=O) groups excluding carboxylic acids is 2. The van der Waals surface area contributed by atoms with Gasteiger partial charge in [-0.25, -0.2) is 19.5 Å². The number of carboxylic acid groups (broad SMARTS) is 1. The van der Waals surface area contributed by atoms with Crippen molar-refractivity contribution >= 4 is 35.3 Å². The smallest absolute Gasteiger partial charge is 0.290 e. The van der Waals surface area contributed by atoms with Crippen LogP contribution < -0.4 is 4.74 Å². The summed E-state index contributed by atoms with van der Waals surface area (Å²) in [6.45, 7) is 4.90. The fourth-order valence-corrected chi connectivity index (χ4v) is 5.97. The van der Waals surface area contributed by atoms with Crippen molar-refractivity contribution < 1.29 is 24.2 Å². The maximum atomic E-state index is 13.7. The van der Waals surface area contributed by atoms with Crippen molar-refractivity contribution in [2.75, 3.05) is 32.8 Å². The van der Waals surface area contributed by atoms with E-state index in [0.29, 0.717) is 49.9 Å². The number of hydrogen-bond acceptors (Lipinski definition) is 9. The molecule has 1 aliphatic rings. The Labute approximate surface area is 270 Å². The maximum Gasteiger partial charge on any atom is 0.290 e. The van der Waals surface area contributed by atoms with Gasteiger partial charge in [-0.2, -0.15) is 5.10 Å². The number of thiazole rings is 1. The minimum absolute atomic E-state index is 0.0694. The van der Waals surface area contributed by atoms with Crippen molar-refractivity contribution in [1.82, 2.24) is 38.9 Å². The van der Waals surface area contributed by atoms with Gasteiger partial charge in [-0.15, -0.1) is 11.3 Å². The highest BCUT2D eigenvalue weighted by atomic mass is 32.1. The molecule has 1 aromatic carbocycles. The monoisotopic (exact) mass is 644 g/mol. The molecule has 5 heterocycles. The van der Waals surface area contributed by atoms with Crippen molar-refractivity contribution in [3.8, 4) is 17.1 Å². The zero-order chi connectivity index (χ0) is 32.3. The number of rotatable bonds is 3. The molecule has 0 radical (unpaired) electrons. The van der Waals surface area contributed by atoms with Gasteiger partial charge >= 0.3 is 0 Å². The number of carbonyl (C=O) groups is 3. The largest absolute Gasteiger partial charge is 0.492 e. The number of fused-ring (bicyclic) bond motifs is 5. The van der Waals surface area contributed by atoms with E-state index in [1.807, 2.05) is 53.7 Å². The van der Waals surface area contributed by atoms with Gasteiger partial charge in [0.2, 0.25) is 5.91 Å². The Balaban J connectivity index is 0.00000134. The predicted octanol–water partition coefficient (Wildman–Crippen LogP) is 3.83. The number of aromatic nitrogens is 6. The first-order valence-electron chi connectivity index (χ1n) is 15.1. The molecule has 0 fully saturated rings. The molecule has 14 heteroatoms. The number of nitrogens with zero attached hydrogens (tertiary/aromatic N) is 8. The molecule has 6 rings (SSSR count). The molecule has 0 saturated heterocycles. The molecule has 0 unspecified atom stereocenters. The van der Waals surface area contributed by atoms with E-state index in [1.54, 1.807) is 45.4 Å². The SMILES string of the molecule is Cc1nc(CC(=O)N2CCCCN(C(=O)c3cnc4cccnn34)CCOc3cccc(c3)-c3nccn3CCC2)cs1.O=CO. The second kappa shape index (κ2) is 15.8. The number of imidazole rings is 2. The molecule has 0 aliphatic carbocycles. The molecule has 2 bridgehead atoms. The second-order valence-electron chi connectivity index (χ2n) is 10.6. The molecule has 240 valence electrons. The molecule has 0 atom stereocenters. The summed E-state index contributed by atoms with van der Waals surface area (Å²) in [5.74, 6) is 1.48. The fraction of sp³-hybridized carbons (Fsp3) is 0.344. The number of hydrogen-bond donors (Lipinski definition) is 1. The van der Waals surface area contributed by atoms with Gasteiger partial charge in [0.15, 0.2) is 11.3 Å². The summed E-state index contributed by atoms with van der Waals surface area (Å²) in [4.78, 5) is 52.7. The van der Waals surface area contributed by atoms with Crippen molar-refractivity contribution in [2.24, 2.45) is 0 Å². The van der Waals surface area contributed by atoms with E-state index in [4.69, 9.17) is 14.6 Å². The molecule has 4 aromatic heterocycles. The zero-order valence-electron chi connectivity index (χ0n) is 25.6. The number of amides is 2. The van der Waals surface area contributed by atoms with E-state index in [9.17, 15) is 9.59 Å². The second-order valence-corrected chi connectivity index (χ2v) is 11.7. The van der Waals surface area contributed by atoms with Gasteiger partial charge < -0.3 is 24.2 Å². The first-order valence-corrected chi connectivity index (χ1v) is 15.9. The van der Waals surface area contributed by atoms with Gasteiger partial charge in [0.1, 0.15) is 18.2 Å². The molecule has 1 aliphatic heterocycles. The first kappa shape index (κ1) is 32.3. The Morgan fingerprint density at radius 1 is 1.00 bits per heavy atom. The Hall–Kier alpha value is -5.11. The molecular weight excluding hydrogens is 608 g/mol. The predicted molar refractivity (Wildman–Crippen MR) is 172 cm³/mol. The van der Waals surface area contributed by atoms with Crippen molar-refractivity contribution in [3.63, 3.8) is 0 Å². The third kappa shape index (κ3) is 8.13. The lowest BCUT2D eigenvalue weighted by molar-refractivity contribution is -0.130. The summed E-state index contributed by atoms with van der Waals surface area (Å²) < 4.78 is 9.81. The summed E-state index contributed by atoms with van der Waals surface area (Å²) >= 11 is 1.56. The zero-order valence-corrected chi connectivity index (χ0v) is 26.4. The highest BCUT2D eigenvalue weighted by Gasteiger charge is 2.22. The fourth-order valence-electron chi connectivity index (χ4n) is 5.36. The lowest BCUT2D eigenvalue weighted by atomic mass is 10.2. The average molecular weight is 645 g/mol. The quantitative estimate of drug-likeness (QED) is 0.289. The summed E-state index contributed by atoms with van der Waals surface area (Å²) in [6.07, 6.45) is 9.55. The van der Waals surface area contributed by atoms with Crippen LogP contribution in [0.2, 0.25) is 0 Å². The molecule has 0 spiro atoms. The number of ether oxygens (including phenoxy) is 1. The maximum absolute atomic E-state index is 13.7. The van der Waals surface area contributed by atoms with E-state index in [2.05, 4.69) is 24.6 Å². The Bertz CT molecular complexity index is 1770. The van der Waals surface area contributed by atoms with Crippen LogP contribution in [0.15, 0.2) is 66.6 Å². The van der Waals surface area contributed by atoms with Crippen LogP contribution in [0.25, 0.3) is 17.0 Å². The van der Waals surface area contributed by atoms with Gasteiger partial charge in [-0.05, 0) is 50.5 Å². The first-order chi connectivity index (χ1) is 22.5.